The zero-order valence-electron chi connectivity index (χ0n) is 14.3. The normalized spacial score (nSPS) is 14.0. The van der Waals surface area contributed by atoms with Crippen molar-refractivity contribution in [1.82, 2.24) is 10.6 Å². The Morgan fingerprint density at radius 2 is 1.80 bits per heavy atom. The van der Waals surface area contributed by atoms with E-state index >= 15 is 0 Å². The minimum atomic E-state index is -1.30. The third kappa shape index (κ3) is 6.80. The number of carboxylic acid groups (broad SMARTS) is 1. The van der Waals surface area contributed by atoms with Crippen LogP contribution < -0.4 is 10.6 Å². The number of nitrogens with one attached hydrogen (secondary N) is 2. The highest BCUT2D eigenvalue weighted by Crippen LogP contribution is 2.08. The van der Waals surface area contributed by atoms with Crippen LogP contribution in [0.4, 0.5) is 4.79 Å². The summed E-state index contributed by atoms with van der Waals surface area (Å²) in [6.07, 6.45) is -0.332. The lowest BCUT2D eigenvalue weighted by atomic mass is 9.99. The Kier molecular flexibility index (Phi) is 8.42. The molecule has 0 radical (unpaired) electrons. The molecule has 0 heterocycles. The van der Waals surface area contributed by atoms with E-state index in [-0.39, 0.29) is 12.5 Å². The van der Waals surface area contributed by atoms with Gasteiger partial charge in [0.2, 0.25) is 5.91 Å². The summed E-state index contributed by atoms with van der Waals surface area (Å²) >= 11 is 0. The lowest BCUT2D eigenvalue weighted by Crippen LogP contribution is -2.54. The number of rotatable bonds is 9. The first kappa shape index (κ1) is 20.4. The fourth-order valence-corrected chi connectivity index (χ4v) is 2.04. The Hall–Kier alpha value is -2.61. The number of aliphatic carboxylic acids is 1. The summed E-state index contributed by atoms with van der Waals surface area (Å²) in [5.41, 5.74) is 0.769. The van der Waals surface area contributed by atoms with Gasteiger partial charge in [-0.2, -0.15) is 0 Å². The first-order valence-electron chi connectivity index (χ1n) is 8.00. The topological polar surface area (TPSA) is 125 Å². The van der Waals surface area contributed by atoms with Crippen molar-refractivity contribution in [3.05, 3.63) is 35.9 Å². The molecule has 25 heavy (non-hydrogen) atoms. The van der Waals surface area contributed by atoms with Crippen molar-refractivity contribution in [3.63, 3.8) is 0 Å². The van der Waals surface area contributed by atoms with Gasteiger partial charge in [-0.1, -0.05) is 50.6 Å². The third-order valence-corrected chi connectivity index (χ3v) is 3.78. The summed E-state index contributed by atoms with van der Waals surface area (Å²) < 4.78 is 4.97. The van der Waals surface area contributed by atoms with Crippen LogP contribution in [0.25, 0.3) is 0 Å². The molecule has 0 aliphatic heterocycles. The zero-order chi connectivity index (χ0) is 18.8. The molecule has 0 unspecified atom stereocenters. The molecular weight excluding hydrogens is 328 g/mol. The van der Waals surface area contributed by atoms with Gasteiger partial charge in [-0.05, 0) is 11.5 Å². The molecule has 4 N–H and O–H groups in total. The van der Waals surface area contributed by atoms with E-state index < -0.39 is 36.7 Å². The molecule has 8 nitrogen and oxygen atoms in total. The van der Waals surface area contributed by atoms with Crippen molar-refractivity contribution < 1.29 is 29.3 Å². The second-order valence-corrected chi connectivity index (χ2v) is 5.65. The Bertz CT molecular complexity index is 578. The predicted octanol–water partition coefficient (Wildman–Crippen LogP) is 0.889. The van der Waals surface area contributed by atoms with Crippen molar-refractivity contribution in [1.29, 1.82) is 0 Å². The van der Waals surface area contributed by atoms with Gasteiger partial charge in [0.1, 0.15) is 18.7 Å². The molecule has 2 amide bonds. The Balaban J connectivity index is 2.57. The van der Waals surface area contributed by atoms with Crippen molar-refractivity contribution in [2.45, 2.75) is 39.0 Å². The molecule has 0 saturated heterocycles. The lowest BCUT2D eigenvalue weighted by molar-refractivity contribution is -0.143. The first-order valence-corrected chi connectivity index (χ1v) is 8.00. The predicted molar refractivity (Wildman–Crippen MR) is 89.7 cm³/mol. The standard InChI is InChI=1S/C17H24N2O6/c1-3-11(2)14(16(22)23)19-15(21)13(9-20)18-17(24)25-10-12-7-5-4-6-8-12/h4-8,11,13-14,20H,3,9-10H2,1-2H3,(H,18,24)(H,19,21)(H,22,23)/t11-,13+,14-/m1/s1. The molecule has 0 spiro atoms. The van der Waals surface area contributed by atoms with E-state index in [0.29, 0.717) is 6.42 Å². The van der Waals surface area contributed by atoms with E-state index in [0.717, 1.165) is 5.56 Å². The van der Waals surface area contributed by atoms with Gasteiger partial charge in [-0.25, -0.2) is 9.59 Å². The van der Waals surface area contributed by atoms with Crippen LogP contribution in [-0.4, -0.2) is 46.9 Å². The maximum absolute atomic E-state index is 12.1. The molecule has 0 fully saturated rings. The van der Waals surface area contributed by atoms with Crippen molar-refractivity contribution in [2.75, 3.05) is 6.61 Å². The van der Waals surface area contributed by atoms with Gasteiger partial charge in [0.15, 0.2) is 0 Å². The molecule has 8 heteroatoms. The maximum Gasteiger partial charge on any atom is 0.408 e. The van der Waals surface area contributed by atoms with Gasteiger partial charge < -0.3 is 25.6 Å². The molecule has 138 valence electrons. The molecule has 0 aliphatic carbocycles. The monoisotopic (exact) mass is 352 g/mol. The maximum atomic E-state index is 12.1. The summed E-state index contributed by atoms with van der Waals surface area (Å²) in [5, 5.41) is 23.0. The second-order valence-electron chi connectivity index (χ2n) is 5.65. The van der Waals surface area contributed by atoms with Crippen LogP contribution >= 0.6 is 0 Å². The summed E-state index contributed by atoms with van der Waals surface area (Å²) in [5.74, 6) is -2.26. The molecular formula is C17H24N2O6. The van der Waals surface area contributed by atoms with Gasteiger partial charge in [0, 0.05) is 0 Å². The summed E-state index contributed by atoms with van der Waals surface area (Å²) in [6, 6.07) is 6.55. The zero-order valence-corrected chi connectivity index (χ0v) is 14.3. The number of aliphatic hydroxyl groups excluding tert-OH is 1. The Labute approximate surface area is 146 Å². The van der Waals surface area contributed by atoms with Crippen LogP contribution in [0.1, 0.15) is 25.8 Å². The van der Waals surface area contributed by atoms with Crippen LogP contribution in [0.15, 0.2) is 30.3 Å². The van der Waals surface area contributed by atoms with Gasteiger partial charge in [0.25, 0.3) is 0 Å². The summed E-state index contributed by atoms with van der Waals surface area (Å²) in [4.78, 5) is 35.1. The smallest absolute Gasteiger partial charge is 0.408 e. The van der Waals surface area contributed by atoms with Crippen LogP contribution in [0.5, 0.6) is 0 Å². The number of benzene rings is 1. The summed E-state index contributed by atoms with van der Waals surface area (Å²) in [7, 11) is 0. The molecule has 0 aliphatic rings. The van der Waals surface area contributed by atoms with Gasteiger partial charge in [-0.15, -0.1) is 0 Å². The van der Waals surface area contributed by atoms with E-state index in [1.807, 2.05) is 6.07 Å². The fourth-order valence-electron chi connectivity index (χ4n) is 2.04. The number of hydrogen-bond acceptors (Lipinski definition) is 5. The average Bonchev–Trinajstić information content (AvgIpc) is 2.62. The van der Waals surface area contributed by atoms with Gasteiger partial charge >= 0.3 is 12.1 Å². The fraction of sp³-hybridized carbons (Fsp3) is 0.471. The average molecular weight is 352 g/mol. The van der Waals surface area contributed by atoms with Crippen LogP contribution in [0.2, 0.25) is 0 Å². The quantitative estimate of drug-likeness (QED) is 0.523. The van der Waals surface area contributed by atoms with Crippen molar-refractivity contribution in [2.24, 2.45) is 5.92 Å². The first-order chi connectivity index (χ1) is 11.9. The number of alkyl carbamates (subject to hydrolysis) is 1. The molecule has 0 bridgehead atoms. The Morgan fingerprint density at radius 1 is 1.16 bits per heavy atom. The molecule has 1 aromatic rings. The van der Waals surface area contributed by atoms with Gasteiger partial charge in [-0.3, -0.25) is 4.79 Å². The summed E-state index contributed by atoms with van der Waals surface area (Å²) in [6.45, 7) is 2.82. The highest BCUT2D eigenvalue weighted by Gasteiger charge is 2.29. The number of hydrogen-bond donors (Lipinski definition) is 4. The number of carboxylic acids is 1. The van der Waals surface area contributed by atoms with Gasteiger partial charge in [0.05, 0.1) is 6.61 Å². The highest BCUT2D eigenvalue weighted by molar-refractivity contribution is 5.89. The minimum absolute atomic E-state index is 0.0110. The SMILES string of the molecule is CC[C@@H](C)[C@@H](NC(=O)[C@H](CO)NC(=O)OCc1ccccc1)C(=O)O. The van der Waals surface area contributed by atoms with Crippen molar-refractivity contribution in [3.8, 4) is 0 Å². The molecule has 1 aromatic carbocycles. The van der Waals surface area contributed by atoms with Crippen LogP contribution in [-0.2, 0) is 20.9 Å². The molecule has 1 rings (SSSR count). The van der Waals surface area contributed by atoms with Crippen LogP contribution in [0.3, 0.4) is 0 Å². The highest BCUT2D eigenvalue weighted by atomic mass is 16.5. The van der Waals surface area contributed by atoms with E-state index in [2.05, 4.69) is 10.6 Å². The molecule has 0 aromatic heterocycles. The molecule has 0 saturated carbocycles. The minimum Gasteiger partial charge on any atom is -0.480 e. The third-order valence-electron chi connectivity index (χ3n) is 3.78. The lowest BCUT2D eigenvalue weighted by Gasteiger charge is -2.23. The number of ether oxygens (including phenoxy) is 1. The van der Waals surface area contributed by atoms with Crippen LogP contribution in [0, 0.1) is 5.92 Å². The molecule has 3 atom stereocenters. The number of carbonyl (C=O) groups is 3. The van der Waals surface area contributed by atoms with E-state index in [9.17, 15) is 24.6 Å². The number of aliphatic hydroxyl groups is 1. The van der Waals surface area contributed by atoms with E-state index in [1.165, 1.54) is 0 Å². The second kappa shape index (κ2) is 10.3. The van der Waals surface area contributed by atoms with E-state index in [4.69, 9.17) is 4.74 Å². The largest absolute Gasteiger partial charge is 0.480 e. The number of amides is 2. The van der Waals surface area contributed by atoms with Crippen molar-refractivity contribution >= 4 is 18.0 Å². The number of carbonyl (C=O) groups excluding carboxylic acids is 2. The Morgan fingerprint density at radius 3 is 2.32 bits per heavy atom. The van der Waals surface area contributed by atoms with E-state index in [1.54, 1.807) is 38.1 Å².